The van der Waals surface area contributed by atoms with Crippen LogP contribution in [0.5, 0.6) is 0 Å². The van der Waals surface area contributed by atoms with Crippen LogP contribution in [0.4, 0.5) is 10.1 Å². The zero-order valence-corrected chi connectivity index (χ0v) is 7.92. The van der Waals surface area contributed by atoms with E-state index in [0.29, 0.717) is 12.1 Å². The van der Waals surface area contributed by atoms with E-state index >= 15 is 0 Å². The molecule has 3 heteroatoms. The summed E-state index contributed by atoms with van der Waals surface area (Å²) >= 11 is 0. The van der Waals surface area contributed by atoms with Gasteiger partial charge in [0.05, 0.1) is 5.69 Å². The highest BCUT2D eigenvalue weighted by molar-refractivity contribution is 5.47. The number of hydrogen-bond acceptors (Lipinski definition) is 2. The number of nitrogens with zero attached hydrogens (tertiary/aromatic N) is 1. The first-order chi connectivity index (χ1) is 6.15. The number of aliphatic hydroxyl groups is 1. The van der Waals surface area contributed by atoms with Gasteiger partial charge in [-0.3, -0.25) is 0 Å². The molecule has 0 fully saturated rings. The Morgan fingerprint density at radius 1 is 1.38 bits per heavy atom. The molecule has 0 spiro atoms. The molecule has 72 valence electrons. The van der Waals surface area contributed by atoms with Gasteiger partial charge in [0.1, 0.15) is 5.82 Å². The predicted octanol–water partition coefficient (Wildman–Crippen LogP) is 1.43. The molecule has 13 heavy (non-hydrogen) atoms. The first kappa shape index (κ1) is 9.99. The highest BCUT2D eigenvalue weighted by Crippen LogP contribution is 2.18. The zero-order chi connectivity index (χ0) is 9.84. The third kappa shape index (κ3) is 2.42. The van der Waals surface area contributed by atoms with Crippen LogP contribution in [0.25, 0.3) is 0 Å². The average molecular weight is 183 g/mol. The van der Waals surface area contributed by atoms with Crippen LogP contribution >= 0.6 is 0 Å². The maximum absolute atomic E-state index is 13.3. The maximum atomic E-state index is 13.3. The van der Waals surface area contributed by atoms with Gasteiger partial charge in [-0.1, -0.05) is 6.07 Å². The van der Waals surface area contributed by atoms with Crippen LogP contribution in [-0.4, -0.2) is 25.8 Å². The molecule has 1 aromatic carbocycles. The van der Waals surface area contributed by atoms with Gasteiger partial charge in [-0.05, 0) is 24.1 Å². The molecule has 0 heterocycles. The second kappa shape index (κ2) is 4.23. The second-order valence-corrected chi connectivity index (χ2v) is 3.15. The van der Waals surface area contributed by atoms with Gasteiger partial charge in [-0.25, -0.2) is 4.39 Å². The summed E-state index contributed by atoms with van der Waals surface area (Å²) in [5, 5.41) is 8.66. The Morgan fingerprint density at radius 3 is 2.54 bits per heavy atom. The van der Waals surface area contributed by atoms with E-state index in [9.17, 15) is 4.39 Å². The van der Waals surface area contributed by atoms with Gasteiger partial charge in [-0.15, -0.1) is 0 Å². The SMILES string of the molecule is CN(C)c1ccc(CCO)cc1F. The summed E-state index contributed by atoms with van der Waals surface area (Å²) < 4.78 is 13.3. The molecule has 0 atom stereocenters. The fourth-order valence-electron chi connectivity index (χ4n) is 1.20. The molecule has 0 aliphatic heterocycles. The standard InChI is InChI=1S/C10H14FNO/c1-12(2)10-4-3-8(5-6-13)7-9(10)11/h3-4,7,13H,5-6H2,1-2H3. The summed E-state index contributed by atoms with van der Waals surface area (Å²) in [6, 6.07) is 5.01. The number of hydrogen-bond donors (Lipinski definition) is 1. The summed E-state index contributed by atoms with van der Waals surface area (Å²) in [4.78, 5) is 1.72. The Balaban J connectivity index is 2.92. The lowest BCUT2D eigenvalue weighted by molar-refractivity contribution is 0.299. The van der Waals surface area contributed by atoms with Gasteiger partial charge in [0.25, 0.3) is 0 Å². The molecule has 1 aromatic rings. The van der Waals surface area contributed by atoms with Crippen molar-refractivity contribution in [1.29, 1.82) is 0 Å². The molecule has 0 radical (unpaired) electrons. The molecular weight excluding hydrogens is 169 g/mol. The van der Waals surface area contributed by atoms with Crippen molar-refractivity contribution >= 4 is 5.69 Å². The summed E-state index contributed by atoms with van der Waals surface area (Å²) in [6.07, 6.45) is 0.505. The minimum Gasteiger partial charge on any atom is -0.396 e. The molecule has 1 N–H and O–H groups in total. The van der Waals surface area contributed by atoms with E-state index in [4.69, 9.17) is 5.11 Å². The Morgan fingerprint density at radius 2 is 2.08 bits per heavy atom. The largest absolute Gasteiger partial charge is 0.396 e. The van der Waals surface area contributed by atoms with Gasteiger partial charge in [0.2, 0.25) is 0 Å². The molecular formula is C10H14FNO. The topological polar surface area (TPSA) is 23.5 Å². The Labute approximate surface area is 77.6 Å². The van der Waals surface area contributed by atoms with Gasteiger partial charge < -0.3 is 10.0 Å². The number of halogens is 1. The molecule has 1 rings (SSSR count). The van der Waals surface area contributed by atoms with E-state index in [1.807, 2.05) is 6.07 Å². The molecule has 0 amide bonds. The minimum atomic E-state index is -0.240. The van der Waals surface area contributed by atoms with Crippen molar-refractivity contribution < 1.29 is 9.50 Å². The lowest BCUT2D eigenvalue weighted by Crippen LogP contribution is -2.10. The van der Waals surface area contributed by atoms with Crippen LogP contribution < -0.4 is 4.90 Å². The molecule has 0 saturated carbocycles. The van der Waals surface area contributed by atoms with Crippen LogP contribution in [0.3, 0.4) is 0 Å². The average Bonchev–Trinajstić information content (AvgIpc) is 2.04. The van der Waals surface area contributed by atoms with Gasteiger partial charge in [-0.2, -0.15) is 0 Å². The number of anilines is 1. The Hall–Kier alpha value is -1.09. The molecule has 0 aromatic heterocycles. The lowest BCUT2D eigenvalue weighted by atomic mass is 10.1. The van der Waals surface area contributed by atoms with Crippen molar-refractivity contribution in [3.63, 3.8) is 0 Å². The third-order valence-corrected chi connectivity index (χ3v) is 1.89. The first-order valence-electron chi connectivity index (χ1n) is 4.21. The monoisotopic (exact) mass is 183 g/mol. The van der Waals surface area contributed by atoms with Crippen molar-refractivity contribution in [3.8, 4) is 0 Å². The van der Waals surface area contributed by atoms with Gasteiger partial charge >= 0.3 is 0 Å². The zero-order valence-electron chi connectivity index (χ0n) is 7.92. The van der Waals surface area contributed by atoms with E-state index in [1.54, 1.807) is 25.1 Å². The second-order valence-electron chi connectivity index (χ2n) is 3.15. The molecule has 2 nitrogen and oxygen atoms in total. The molecule has 0 aliphatic carbocycles. The predicted molar refractivity (Wildman–Crippen MR) is 51.5 cm³/mol. The third-order valence-electron chi connectivity index (χ3n) is 1.89. The van der Waals surface area contributed by atoms with Crippen LogP contribution in [0.2, 0.25) is 0 Å². The lowest BCUT2D eigenvalue weighted by Gasteiger charge is -2.13. The van der Waals surface area contributed by atoms with Crippen LogP contribution in [0.1, 0.15) is 5.56 Å². The number of aliphatic hydroxyl groups excluding tert-OH is 1. The van der Waals surface area contributed by atoms with Crippen molar-refractivity contribution in [1.82, 2.24) is 0 Å². The first-order valence-corrected chi connectivity index (χ1v) is 4.21. The number of benzene rings is 1. The van der Waals surface area contributed by atoms with E-state index in [1.165, 1.54) is 6.07 Å². The van der Waals surface area contributed by atoms with Gasteiger partial charge in [0.15, 0.2) is 0 Å². The molecule has 0 aliphatic rings. The van der Waals surface area contributed by atoms with E-state index < -0.39 is 0 Å². The van der Waals surface area contributed by atoms with Crippen molar-refractivity contribution in [2.24, 2.45) is 0 Å². The quantitative estimate of drug-likeness (QED) is 0.766. The van der Waals surface area contributed by atoms with Crippen molar-refractivity contribution in [2.75, 3.05) is 25.6 Å². The smallest absolute Gasteiger partial charge is 0.146 e. The molecule has 0 bridgehead atoms. The van der Waals surface area contributed by atoms with E-state index in [0.717, 1.165) is 5.56 Å². The maximum Gasteiger partial charge on any atom is 0.146 e. The van der Waals surface area contributed by atoms with Crippen molar-refractivity contribution in [2.45, 2.75) is 6.42 Å². The highest BCUT2D eigenvalue weighted by atomic mass is 19.1. The van der Waals surface area contributed by atoms with Crippen molar-refractivity contribution in [3.05, 3.63) is 29.6 Å². The summed E-state index contributed by atoms with van der Waals surface area (Å²) in [5.74, 6) is -0.240. The summed E-state index contributed by atoms with van der Waals surface area (Å²) in [6.45, 7) is 0.0563. The van der Waals surface area contributed by atoms with Crippen LogP contribution in [0.15, 0.2) is 18.2 Å². The fourth-order valence-corrected chi connectivity index (χ4v) is 1.20. The molecule has 0 unspecified atom stereocenters. The summed E-state index contributed by atoms with van der Waals surface area (Å²) in [5.41, 5.74) is 1.40. The normalized spacial score (nSPS) is 10.2. The summed E-state index contributed by atoms with van der Waals surface area (Å²) in [7, 11) is 3.59. The Kier molecular flexibility index (Phi) is 3.25. The fraction of sp³-hybridized carbons (Fsp3) is 0.400. The molecule has 0 saturated heterocycles. The van der Waals surface area contributed by atoms with Crippen LogP contribution in [-0.2, 0) is 6.42 Å². The van der Waals surface area contributed by atoms with E-state index in [2.05, 4.69) is 0 Å². The number of rotatable bonds is 3. The highest BCUT2D eigenvalue weighted by Gasteiger charge is 2.04. The van der Waals surface area contributed by atoms with Crippen LogP contribution in [0, 0.1) is 5.82 Å². The van der Waals surface area contributed by atoms with E-state index in [-0.39, 0.29) is 12.4 Å². The van der Waals surface area contributed by atoms with Gasteiger partial charge in [0, 0.05) is 20.7 Å². The Bertz CT molecular complexity index is 286. The minimum absolute atomic E-state index is 0.0563.